The number of ketones is 1. The van der Waals surface area contributed by atoms with Crippen molar-refractivity contribution in [3.05, 3.63) is 33.8 Å². The predicted octanol–water partition coefficient (Wildman–Crippen LogP) is 4.14. The van der Waals surface area contributed by atoms with E-state index in [4.69, 9.17) is 34.8 Å². The monoisotopic (exact) mass is 300 g/mol. The lowest BCUT2D eigenvalue weighted by Crippen LogP contribution is -2.07. The zero-order valence-electron chi connectivity index (χ0n) is 6.23. The molecule has 1 aromatic rings. The second-order valence-corrected chi connectivity index (χ2v) is 4.99. The van der Waals surface area contributed by atoms with Gasteiger partial charge in [-0.1, -0.05) is 39.1 Å². The maximum Gasteiger partial charge on any atom is 0.191 e. The first-order valence-electron chi connectivity index (χ1n) is 3.30. The third-order valence-corrected chi connectivity index (χ3v) is 2.76. The normalized spacial score (nSPS) is 12.6. The predicted molar refractivity (Wildman–Crippen MR) is 59.4 cm³/mol. The molecule has 0 aliphatic heterocycles. The van der Waals surface area contributed by atoms with Crippen molar-refractivity contribution in [1.29, 1.82) is 0 Å². The molecule has 0 saturated heterocycles. The number of halogens is 4. The molecule has 1 unspecified atom stereocenters. The van der Waals surface area contributed by atoms with Gasteiger partial charge in [-0.15, -0.1) is 11.6 Å². The molecule has 0 spiro atoms. The zero-order chi connectivity index (χ0) is 10.0. The van der Waals surface area contributed by atoms with Gasteiger partial charge in [0.05, 0.1) is 10.0 Å². The molecular weight excluding hydrogens is 298 g/mol. The van der Waals surface area contributed by atoms with E-state index in [0.717, 1.165) is 0 Å². The van der Waals surface area contributed by atoms with Crippen molar-refractivity contribution in [2.24, 2.45) is 0 Å². The van der Waals surface area contributed by atoms with E-state index in [2.05, 4.69) is 15.9 Å². The van der Waals surface area contributed by atoms with Gasteiger partial charge in [0.15, 0.2) is 10.1 Å². The summed E-state index contributed by atoms with van der Waals surface area (Å²) in [4.78, 5) is 11.3. The van der Waals surface area contributed by atoms with Crippen LogP contribution in [0.4, 0.5) is 0 Å². The number of rotatable bonds is 2. The van der Waals surface area contributed by atoms with Gasteiger partial charge in [0.1, 0.15) is 0 Å². The average Bonchev–Trinajstić information content (AvgIpc) is 2.08. The summed E-state index contributed by atoms with van der Waals surface area (Å²) in [6.07, 6.45) is 0. The van der Waals surface area contributed by atoms with Crippen LogP contribution < -0.4 is 0 Å². The molecule has 0 amide bonds. The number of carbonyl (C=O) groups is 1. The highest BCUT2D eigenvalue weighted by Crippen LogP contribution is 2.24. The average molecular weight is 302 g/mol. The van der Waals surface area contributed by atoms with Crippen LogP contribution in [0, 0.1) is 0 Å². The maximum atomic E-state index is 11.3. The second-order valence-electron chi connectivity index (χ2n) is 2.29. The van der Waals surface area contributed by atoms with Crippen LogP contribution in [-0.2, 0) is 0 Å². The Morgan fingerprint density at radius 1 is 1.31 bits per heavy atom. The number of benzene rings is 1. The van der Waals surface area contributed by atoms with Gasteiger partial charge >= 0.3 is 0 Å². The molecule has 0 aliphatic rings. The van der Waals surface area contributed by atoms with E-state index in [-0.39, 0.29) is 5.78 Å². The molecule has 0 aliphatic carbocycles. The number of alkyl halides is 2. The Kier molecular flexibility index (Phi) is 4.05. The highest BCUT2D eigenvalue weighted by molar-refractivity contribution is 9.10. The van der Waals surface area contributed by atoms with Crippen LogP contribution in [0.25, 0.3) is 0 Å². The molecule has 0 fully saturated rings. The number of Topliss-reactive ketones (excluding diaryl/α,β-unsaturated/α-hetero) is 1. The third kappa shape index (κ3) is 2.84. The molecule has 0 N–H and O–H groups in total. The Labute approximate surface area is 99.1 Å². The van der Waals surface area contributed by atoms with Crippen molar-refractivity contribution in [3.8, 4) is 0 Å². The summed E-state index contributed by atoms with van der Waals surface area (Å²) in [7, 11) is 0. The fourth-order valence-electron chi connectivity index (χ4n) is 0.775. The van der Waals surface area contributed by atoms with Gasteiger partial charge in [-0.2, -0.15) is 0 Å². The fourth-order valence-corrected chi connectivity index (χ4v) is 1.46. The van der Waals surface area contributed by atoms with Crippen molar-refractivity contribution in [1.82, 2.24) is 0 Å². The Morgan fingerprint density at radius 3 is 2.38 bits per heavy atom. The van der Waals surface area contributed by atoms with Crippen LogP contribution in [0.2, 0.25) is 10.0 Å². The van der Waals surface area contributed by atoms with E-state index in [0.29, 0.717) is 15.6 Å². The number of hydrogen-bond donors (Lipinski definition) is 0. The summed E-state index contributed by atoms with van der Waals surface area (Å²) >= 11 is 19.9. The number of carbonyl (C=O) groups excluding carboxylic acids is 1. The van der Waals surface area contributed by atoms with Crippen LogP contribution in [0.1, 0.15) is 10.4 Å². The maximum absolute atomic E-state index is 11.3. The topological polar surface area (TPSA) is 17.1 Å². The lowest BCUT2D eigenvalue weighted by Gasteiger charge is -2.02. The van der Waals surface area contributed by atoms with E-state index in [9.17, 15) is 4.79 Å². The summed E-state index contributed by atoms with van der Waals surface area (Å²) in [6.45, 7) is 0. The Bertz CT molecular complexity index is 338. The van der Waals surface area contributed by atoms with Crippen LogP contribution in [0.5, 0.6) is 0 Å². The SMILES string of the molecule is O=C(c1ccc(Cl)c(Cl)c1)C(Cl)Br. The van der Waals surface area contributed by atoms with Crippen molar-refractivity contribution < 1.29 is 4.79 Å². The molecule has 0 saturated carbocycles. The lowest BCUT2D eigenvalue weighted by molar-refractivity contribution is 0.101. The molecule has 1 nitrogen and oxygen atoms in total. The van der Waals surface area contributed by atoms with Gasteiger partial charge in [0.25, 0.3) is 0 Å². The fraction of sp³-hybridized carbons (Fsp3) is 0.125. The smallest absolute Gasteiger partial charge is 0.191 e. The molecule has 70 valence electrons. The lowest BCUT2D eigenvalue weighted by atomic mass is 10.1. The Balaban J connectivity index is 3.04. The first-order chi connectivity index (χ1) is 6.02. The van der Waals surface area contributed by atoms with Crippen molar-refractivity contribution in [2.45, 2.75) is 4.29 Å². The van der Waals surface area contributed by atoms with Crippen LogP contribution in [0.3, 0.4) is 0 Å². The van der Waals surface area contributed by atoms with Crippen molar-refractivity contribution in [3.63, 3.8) is 0 Å². The van der Waals surface area contributed by atoms with E-state index in [1.54, 1.807) is 12.1 Å². The largest absolute Gasteiger partial charge is 0.292 e. The summed E-state index contributed by atoms with van der Waals surface area (Å²) in [5, 5.41) is 0.760. The summed E-state index contributed by atoms with van der Waals surface area (Å²) in [5.41, 5.74) is 0.436. The zero-order valence-corrected chi connectivity index (χ0v) is 10.1. The molecular formula is C8H4BrCl3O. The van der Waals surface area contributed by atoms with E-state index < -0.39 is 4.29 Å². The van der Waals surface area contributed by atoms with Gasteiger partial charge in [-0.3, -0.25) is 4.79 Å². The molecule has 1 rings (SSSR count). The minimum absolute atomic E-state index is 0.236. The molecule has 0 heterocycles. The quantitative estimate of drug-likeness (QED) is 0.593. The van der Waals surface area contributed by atoms with E-state index in [1.807, 2.05) is 0 Å². The Morgan fingerprint density at radius 2 is 1.92 bits per heavy atom. The number of hydrogen-bond acceptors (Lipinski definition) is 1. The van der Waals surface area contributed by atoms with E-state index in [1.165, 1.54) is 6.07 Å². The van der Waals surface area contributed by atoms with Crippen LogP contribution >= 0.6 is 50.7 Å². The van der Waals surface area contributed by atoms with Gasteiger partial charge in [-0.05, 0) is 18.2 Å². The molecule has 13 heavy (non-hydrogen) atoms. The molecule has 5 heteroatoms. The molecule has 0 radical (unpaired) electrons. The second kappa shape index (κ2) is 4.65. The van der Waals surface area contributed by atoms with Gasteiger partial charge in [0, 0.05) is 5.56 Å². The minimum Gasteiger partial charge on any atom is -0.292 e. The molecule has 1 atom stereocenters. The molecule has 0 aromatic heterocycles. The Hall–Kier alpha value is 0.240. The van der Waals surface area contributed by atoms with Gasteiger partial charge in [0.2, 0.25) is 0 Å². The standard InChI is InChI=1S/C8H4BrCl3O/c9-8(12)7(13)4-1-2-5(10)6(11)3-4/h1-3,8H. The first-order valence-corrected chi connectivity index (χ1v) is 5.40. The summed E-state index contributed by atoms with van der Waals surface area (Å²) in [6, 6.07) is 4.62. The van der Waals surface area contributed by atoms with Crippen molar-refractivity contribution in [2.75, 3.05) is 0 Å². The van der Waals surface area contributed by atoms with Crippen LogP contribution in [-0.4, -0.2) is 10.1 Å². The summed E-state index contributed by atoms with van der Waals surface area (Å²) < 4.78 is -0.732. The van der Waals surface area contributed by atoms with Gasteiger partial charge < -0.3 is 0 Å². The summed E-state index contributed by atoms with van der Waals surface area (Å²) in [5.74, 6) is -0.236. The molecule has 0 bridgehead atoms. The van der Waals surface area contributed by atoms with Crippen molar-refractivity contribution >= 4 is 56.5 Å². The molecule has 1 aromatic carbocycles. The first kappa shape index (κ1) is 11.3. The van der Waals surface area contributed by atoms with Gasteiger partial charge in [-0.25, -0.2) is 0 Å². The highest BCUT2D eigenvalue weighted by atomic mass is 79.9. The third-order valence-electron chi connectivity index (χ3n) is 1.40. The van der Waals surface area contributed by atoms with E-state index >= 15 is 0 Å². The minimum atomic E-state index is -0.732. The highest BCUT2D eigenvalue weighted by Gasteiger charge is 2.14. The van der Waals surface area contributed by atoms with Crippen LogP contribution in [0.15, 0.2) is 18.2 Å².